The normalized spacial score (nSPS) is 52.1. The molecule has 0 aromatic rings. The lowest BCUT2D eigenvalue weighted by molar-refractivity contribution is -0.160. The van der Waals surface area contributed by atoms with Crippen LogP contribution in [0.3, 0.4) is 0 Å². The lowest BCUT2D eigenvalue weighted by Crippen LogP contribution is -2.47. The summed E-state index contributed by atoms with van der Waals surface area (Å²) in [7, 11) is 0. The molecule has 0 N–H and O–H groups in total. The van der Waals surface area contributed by atoms with E-state index in [1.165, 1.54) is 31.8 Å². The lowest BCUT2D eigenvalue weighted by Gasteiger charge is -2.48. The number of carbonyl (C=O) groups is 1. The van der Waals surface area contributed by atoms with Crippen molar-refractivity contribution in [3.63, 3.8) is 0 Å². The molecule has 3 fully saturated rings. The van der Waals surface area contributed by atoms with Crippen LogP contribution in [0.15, 0.2) is 12.2 Å². The van der Waals surface area contributed by atoms with E-state index < -0.39 is 0 Å². The molecule has 5 atom stereocenters. The molecule has 0 spiro atoms. The van der Waals surface area contributed by atoms with Crippen molar-refractivity contribution in [1.29, 1.82) is 0 Å². The molecule has 106 valence electrons. The fourth-order valence-electron chi connectivity index (χ4n) is 5.80. The molecular formula is C17H26O2. The van der Waals surface area contributed by atoms with Gasteiger partial charge in [0.1, 0.15) is 6.10 Å². The summed E-state index contributed by atoms with van der Waals surface area (Å²) in [6.07, 6.45) is 5.91. The van der Waals surface area contributed by atoms with Crippen LogP contribution < -0.4 is 0 Å². The van der Waals surface area contributed by atoms with Gasteiger partial charge in [0.05, 0.1) is 0 Å². The van der Waals surface area contributed by atoms with Gasteiger partial charge in [0.15, 0.2) is 0 Å². The molecule has 3 aliphatic rings. The predicted molar refractivity (Wildman–Crippen MR) is 75.6 cm³/mol. The molecule has 0 saturated heterocycles. The van der Waals surface area contributed by atoms with Crippen LogP contribution in [0.4, 0.5) is 0 Å². The minimum Gasteiger partial charge on any atom is -0.462 e. The molecule has 0 radical (unpaired) electrons. The zero-order valence-electron chi connectivity index (χ0n) is 12.7. The van der Waals surface area contributed by atoms with Crippen molar-refractivity contribution in [2.45, 2.75) is 65.9 Å². The molecule has 0 aromatic carbocycles. The SMILES string of the molecule is C=C1CC(OC(C)=O)C2(C)CC1C1(C)CCCC21C. The van der Waals surface area contributed by atoms with Gasteiger partial charge in [0, 0.05) is 18.8 Å². The number of carbonyl (C=O) groups excluding carboxylic acids is 1. The Hall–Kier alpha value is -0.790. The number of ether oxygens (including phenoxy) is 1. The van der Waals surface area contributed by atoms with Crippen molar-refractivity contribution >= 4 is 5.97 Å². The summed E-state index contributed by atoms with van der Waals surface area (Å²) in [4.78, 5) is 11.5. The molecule has 2 bridgehead atoms. The van der Waals surface area contributed by atoms with E-state index >= 15 is 0 Å². The number of fused-ring (bicyclic) bond motifs is 5. The molecule has 2 heteroatoms. The summed E-state index contributed by atoms with van der Waals surface area (Å²) in [5.41, 5.74) is 2.07. The van der Waals surface area contributed by atoms with E-state index in [2.05, 4.69) is 27.4 Å². The van der Waals surface area contributed by atoms with Crippen molar-refractivity contribution in [1.82, 2.24) is 0 Å². The van der Waals surface area contributed by atoms with Gasteiger partial charge in [0.2, 0.25) is 0 Å². The molecule has 2 nitrogen and oxygen atoms in total. The summed E-state index contributed by atoms with van der Waals surface area (Å²) in [5, 5.41) is 0. The van der Waals surface area contributed by atoms with Gasteiger partial charge in [-0.15, -0.1) is 0 Å². The van der Waals surface area contributed by atoms with Gasteiger partial charge in [0.25, 0.3) is 0 Å². The Bertz CT molecular complexity index is 454. The van der Waals surface area contributed by atoms with Gasteiger partial charge in [-0.25, -0.2) is 0 Å². The third-order valence-electron chi connectivity index (χ3n) is 7.25. The predicted octanol–water partition coefficient (Wildman–Crippen LogP) is 4.10. The molecule has 3 rings (SSSR count). The van der Waals surface area contributed by atoms with Gasteiger partial charge in [-0.05, 0) is 36.0 Å². The average molecular weight is 262 g/mol. The van der Waals surface area contributed by atoms with Gasteiger partial charge in [-0.3, -0.25) is 4.79 Å². The van der Waals surface area contributed by atoms with E-state index in [9.17, 15) is 4.79 Å². The average Bonchev–Trinajstić information content (AvgIpc) is 2.67. The molecule has 0 aromatic heterocycles. The Kier molecular flexibility index (Phi) is 2.54. The number of hydrogen-bond donors (Lipinski definition) is 0. The zero-order valence-corrected chi connectivity index (χ0v) is 12.7. The Morgan fingerprint density at radius 3 is 2.58 bits per heavy atom. The summed E-state index contributed by atoms with van der Waals surface area (Å²) < 4.78 is 5.71. The first-order chi connectivity index (χ1) is 8.74. The molecule has 0 heterocycles. The molecule has 3 saturated carbocycles. The minimum atomic E-state index is -0.146. The summed E-state index contributed by atoms with van der Waals surface area (Å²) in [6, 6.07) is 0. The van der Waals surface area contributed by atoms with Crippen molar-refractivity contribution < 1.29 is 9.53 Å². The molecule has 5 unspecified atom stereocenters. The zero-order chi connectivity index (χ0) is 14.1. The maximum absolute atomic E-state index is 11.5. The van der Waals surface area contributed by atoms with E-state index in [1.54, 1.807) is 0 Å². The van der Waals surface area contributed by atoms with Crippen LogP contribution in [0, 0.1) is 22.2 Å². The minimum absolute atomic E-state index is 0.0266. The second-order valence-electron chi connectivity index (χ2n) is 7.74. The quantitative estimate of drug-likeness (QED) is 0.525. The Morgan fingerprint density at radius 1 is 1.26 bits per heavy atom. The van der Waals surface area contributed by atoms with Crippen LogP contribution in [0.25, 0.3) is 0 Å². The maximum Gasteiger partial charge on any atom is 0.302 e. The second kappa shape index (κ2) is 3.65. The highest BCUT2D eigenvalue weighted by molar-refractivity contribution is 5.66. The third-order valence-corrected chi connectivity index (χ3v) is 7.25. The smallest absolute Gasteiger partial charge is 0.302 e. The highest BCUT2D eigenvalue weighted by atomic mass is 16.5. The maximum atomic E-state index is 11.5. The fourth-order valence-corrected chi connectivity index (χ4v) is 5.80. The van der Waals surface area contributed by atoms with Crippen molar-refractivity contribution in [3.8, 4) is 0 Å². The highest BCUT2D eigenvalue weighted by Crippen LogP contribution is 2.77. The topological polar surface area (TPSA) is 26.3 Å². The van der Waals surface area contributed by atoms with Gasteiger partial charge < -0.3 is 4.74 Å². The van der Waals surface area contributed by atoms with E-state index in [0.29, 0.717) is 11.3 Å². The van der Waals surface area contributed by atoms with E-state index in [4.69, 9.17) is 4.74 Å². The Morgan fingerprint density at radius 2 is 1.95 bits per heavy atom. The van der Waals surface area contributed by atoms with Crippen molar-refractivity contribution in [2.24, 2.45) is 22.2 Å². The first-order valence-electron chi connectivity index (χ1n) is 7.59. The first kappa shape index (κ1) is 13.2. The molecular weight excluding hydrogens is 236 g/mol. The lowest BCUT2D eigenvalue weighted by atomic mass is 9.58. The number of rotatable bonds is 1. The van der Waals surface area contributed by atoms with Crippen LogP contribution >= 0.6 is 0 Å². The fraction of sp³-hybridized carbons (Fsp3) is 0.824. The molecule has 0 amide bonds. The van der Waals surface area contributed by atoms with Gasteiger partial charge in [-0.1, -0.05) is 39.3 Å². The van der Waals surface area contributed by atoms with Crippen LogP contribution in [0.1, 0.15) is 59.8 Å². The van der Waals surface area contributed by atoms with Gasteiger partial charge in [-0.2, -0.15) is 0 Å². The monoisotopic (exact) mass is 262 g/mol. The first-order valence-corrected chi connectivity index (χ1v) is 7.59. The second-order valence-corrected chi connectivity index (χ2v) is 7.74. The molecule has 0 aliphatic heterocycles. The van der Waals surface area contributed by atoms with Crippen molar-refractivity contribution in [3.05, 3.63) is 12.2 Å². The Balaban J connectivity index is 2.08. The summed E-state index contributed by atoms with van der Waals surface area (Å²) >= 11 is 0. The third kappa shape index (κ3) is 1.35. The van der Waals surface area contributed by atoms with Crippen LogP contribution in [0.2, 0.25) is 0 Å². The molecule has 19 heavy (non-hydrogen) atoms. The number of esters is 1. The van der Waals surface area contributed by atoms with Crippen molar-refractivity contribution in [2.75, 3.05) is 0 Å². The standard InChI is InChI=1S/C17H26O2/c1-11-9-14(19-12(2)18)16(4)10-13(11)15(3)7-6-8-17(15,16)5/h13-14H,1,6-10H2,2-5H3. The summed E-state index contributed by atoms with van der Waals surface area (Å²) in [6.45, 7) is 13.1. The van der Waals surface area contributed by atoms with Gasteiger partial charge >= 0.3 is 5.97 Å². The molecule has 3 aliphatic carbocycles. The largest absolute Gasteiger partial charge is 0.462 e. The van der Waals surface area contributed by atoms with Crippen LogP contribution in [-0.2, 0) is 9.53 Å². The van der Waals surface area contributed by atoms with E-state index in [0.717, 1.165) is 12.8 Å². The van der Waals surface area contributed by atoms with E-state index in [1.807, 2.05) is 0 Å². The Labute approximate surface area is 116 Å². The number of hydrogen-bond acceptors (Lipinski definition) is 2. The van der Waals surface area contributed by atoms with Crippen LogP contribution in [0.5, 0.6) is 0 Å². The van der Waals surface area contributed by atoms with Crippen LogP contribution in [-0.4, -0.2) is 12.1 Å². The highest BCUT2D eigenvalue weighted by Gasteiger charge is 2.71. The van der Waals surface area contributed by atoms with E-state index in [-0.39, 0.29) is 22.9 Å². The summed E-state index contributed by atoms with van der Waals surface area (Å²) in [5.74, 6) is 0.476.